The van der Waals surface area contributed by atoms with Gasteiger partial charge >= 0.3 is 0 Å². The van der Waals surface area contributed by atoms with Gasteiger partial charge in [-0.1, -0.05) is 19.8 Å². The van der Waals surface area contributed by atoms with E-state index in [0.717, 1.165) is 19.3 Å². The second-order valence-electron chi connectivity index (χ2n) is 5.51. The van der Waals surface area contributed by atoms with E-state index in [1.807, 2.05) is 6.92 Å². The number of fused-ring (bicyclic) bond motifs is 2. The lowest BCUT2D eigenvalue weighted by Gasteiger charge is -2.42. The molecule has 2 aliphatic heterocycles. The Morgan fingerprint density at radius 3 is 2.80 bits per heavy atom. The molecule has 0 aliphatic carbocycles. The van der Waals surface area contributed by atoms with Gasteiger partial charge < -0.3 is 30.1 Å². The molecule has 2 fully saturated rings. The summed E-state index contributed by atoms with van der Waals surface area (Å²) < 4.78 is 10.8. The van der Waals surface area contributed by atoms with E-state index in [0.29, 0.717) is 6.42 Å². The van der Waals surface area contributed by atoms with Crippen molar-refractivity contribution in [2.75, 3.05) is 13.2 Å². The Hall–Kier alpha value is -0.730. The molecule has 2 aliphatic rings. The number of aliphatic hydroxyl groups is 3. The number of amides is 1. The van der Waals surface area contributed by atoms with Crippen LogP contribution in [0.5, 0.6) is 0 Å². The van der Waals surface area contributed by atoms with E-state index in [2.05, 4.69) is 5.32 Å². The molecule has 2 bridgehead atoms. The quantitative estimate of drug-likeness (QED) is 0.462. The Morgan fingerprint density at radius 1 is 1.40 bits per heavy atom. The third-order valence-electron chi connectivity index (χ3n) is 3.97. The van der Waals surface area contributed by atoms with E-state index in [1.54, 1.807) is 0 Å². The minimum Gasteiger partial charge on any atom is -0.393 e. The summed E-state index contributed by atoms with van der Waals surface area (Å²) >= 11 is 0. The maximum Gasteiger partial charge on any atom is 0.220 e. The van der Waals surface area contributed by atoms with Crippen LogP contribution in [-0.2, 0) is 14.3 Å². The molecule has 1 unspecified atom stereocenters. The Kier molecular flexibility index (Phi) is 4.98. The van der Waals surface area contributed by atoms with Gasteiger partial charge in [0, 0.05) is 6.42 Å². The monoisotopic (exact) mass is 289 g/mol. The first kappa shape index (κ1) is 15.7. The summed E-state index contributed by atoms with van der Waals surface area (Å²) in [4.78, 5) is 11.8. The number of carbonyl (C=O) groups excluding carboxylic acids is 1. The zero-order valence-corrected chi connectivity index (χ0v) is 11.6. The molecule has 116 valence electrons. The number of unbranched alkanes of at least 4 members (excludes halogenated alkanes) is 2. The minimum absolute atomic E-state index is 0.00536. The van der Waals surface area contributed by atoms with Gasteiger partial charge in [0.05, 0.1) is 13.2 Å². The van der Waals surface area contributed by atoms with Crippen molar-refractivity contribution in [1.82, 2.24) is 5.32 Å². The van der Waals surface area contributed by atoms with Crippen LogP contribution in [0.2, 0.25) is 0 Å². The summed E-state index contributed by atoms with van der Waals surface area (Å²) in [5.74, 6) is -0.203. The fourth-order valence-electron chi connectivity index (χ4n) is 2.65. The zero-order chi connectivity index (χ0) is 14.8. The first-order valence-corrected chi connectivity index (χ1v) is 7.10. The molecule has 2 heterocycles. The number of aliphatic hydroxyl groups excluding tert-OH is 3. The number of ether oxygens (including phenoxy) is 2. The molecule has 7 heteroatoms. The third-order valence-corrected chi connectivity index (χ3v) is 3.97. The first-order chi connectivity index (χ1) is 9.54. The Labute approximate surface area is 117 Å². The number of nitrogens with one attached hydrogen (secondary N) is 1. The van der Waals surface area contributed by atoms with Gasteiger partial charge in [0.25, 0.3) is 0 Å². The average Bonchev–Trinajstić information content (AvgIpc) is 2.85. The predicted octanol–water partition coefficient (Wildman–Crippen LogP) is -1.11. The number of carbonyl (C=O) groups is 1. The zero-order valence-electron chi connectivity index (χ0n) is 11.6. The summed E-state index contributed by atoms with van der Waals surface area (Å²) in [6, 6.07) is -0.818. The van der Waals surface area contributed by atoms with Crippen LogP contribution in [0.15, 0.2) is 0 Å². The number of hydrogen-bond donors (Lipinski definition) is 4. The molecule has 7 nitrogen and oxygen atoms in total. The molecular weight excluding hydrogens is 266 g/mol. The van der Waals surface area contributed by atoms with Crippen LogP contribution in [0.1, 0.15) is 32.6 Å². The maximum absolute atomic E-state index is 11.8. The number of hydrogen-bond acceptors (Lipinski definition) is 6. The van der Waals surface area contributed by atoms with Crippen LogP contribution in [0.3, 0.4) is 0 Å². The largest absolute Gasteiger partial charge is 0.393 e. The third kappa shape index (κ3) is 2.82. The normalized spacial score (nSPS) is 39.8. The van der Waals surface area contributed by atoms with Gasteiger partial charge in [-0.2, -0.15) is 0 Å². The topological polar surface area (TPSA) is 108 Å². The summed E-state index contributed by atoms with van der Waals surface area (Å²) in [6.45, 7) is 1.60. The van der Waals surface area contributed by atoms with Crippen molar-refractivity contribution >= 4 is 5.91 Å². The highest BCUT2D eigenvalue weighted by molar-refractivity contribution is 5.76. The van der Waals surface area contributed by atoms with E-state index in [-0.39, 0.29) is 12.5 Å². The van der Waals surface area contributed by atoms with Crippen LogP contribution in [-0.4, -0.2) is 64.6 Å². The molecule has 0 aromatic heterocycles. The van der Waals surface area contributed by atoms with Gasteiger partial charge in [0.1, 0.15) is 23.9 Å². The lowest BCUT2D eigenvalue weighted by Crippen LogP contribution is -2.66. The van der Waals surface area contributed by atoms with E-state index < -0.39 is 36.7 Å². The molecule has 0 aromatic carbocycles. The predicted molar refractivity (Wildman–Crippen MR) is 68.7 cm³/mol. The van der Waals surface area contributed by atoms with Crippen LogP contribution < -0.4 is 5.32 Å². The molecule has 4 N–H and O–H groups in total. The molecular formula is C13H23NO6. The molecule has 0 aromatic rings. The SMILES string of the molecule is CCCCCC(=O)N[C@H]1C2OC[C@](CO)(O2)[C@H](O)[C@@H]1O. The maximum atomic E-state index is 11.8. The van der Waals surface area contributed by atoms with Crippen molar-refractivity contribution in [3.8, 4) is 0 Å². The van der Waals surface area contributed by atoms with Crippen molar-refractivity contribution in [2.45, 2.75) is 62.7 Å². The van der Waals surface area contributed by atoms with Crippen LogP contribution >= 0.6 is 0 Å². The first-order valence-electron chi connectivity index (χ1n) is 7.10. The summed E-state index contributed by atoms with van der Waals surface area (Å²) in [6.07, 6.45) is -0.230. The van der Waals surface area contributed by atoms with Crippen molar-refractivity contribution < 1.29 is 29.6 Å². The summed E-state index contributed by atoms with van der Waals surface area (Å²) in [7, 11) is 0. The standard InChI is InChI=1S/C13H23NO6/c1-2-3-4-5-8(16)14-9-10(17)11(18)13(6-15)7-19-12(9)20-13/h9-12,15,17-18H,2-7H2,1H3,(H,14,16)/t9-,10-,11-,12?,13+/m1/s1. The lowest BCUT2D eigenvalue weighted by molar-refractivity contribution is -0.233. The second-order valence-corrected chi connectivity index (χ2v) is 5.51. The molecule has 20 heavy (non-hydrogen) atoms. The fourth-order valence-corrected chi connectivity index (χ4v) is 2.65. The average molecular weight is 289 g/mol. The van der Waals surface area contributed by atoms with Gasteiger partial charge in [-0.3, -0.25) is 4.79 Å². The molecule has 1 amide bonds. The van der Waals surface area contributed by atoms with E-state index in [1.165, 1.54) is 0 Å². The van der Waals surface area contributed by atoms with Crippen molar-refractivity contribution in [1.29, 1.82) is 0 Å². The van der Waals surface area contributed by atoms with Crippen molar-refractivity contribution in [3.05, 3.63) is 0 Å². The molecule has 5 atom stereocenters. The van der Waals surface area contributed by atoms with E-state index in [9.17, 15) is 20.1 Å². The highest BCUT2D eigenvalue weighted by atomic mass is 16.7. The van der Waals surface area contributed by atoms with Crippen LogP contribution in [0.25, 0.3) is 0 Å². The summed E-state index contributed by atoms with van der Waals surface area (Å²) in [5, 5.41) is 32.1. The fraction of sp³-hybridized carbons (Fsp3) is 0.923. The second kappa shape index (κ2) is 6.36. The van der Waals surface area contributed by atoms with E-state index in [4.69, 9.17) is 9.47 Å². The molecule has 0 spiro atoms. The minimum atomic E-state index is -1.30. The summed E-state index contributed by atoms with van der Waals surface area (Å²) in [5.41, 5.74) is -1.28. The van der Waals surface area contributed by atoms with Crippen molar-refractivity contribution in [3.63, 3.8) is 0 Å². The lowest BCUT2D eigenvalue weighted by atomic mass is 9.88. The van der Waals surface area contributed by atoms with Gasteiger partial charge in [-0.25, -0.2) is 0 Å². The van der Waals surface area contributed by atoms with Crippen LogP contribution in [0.4, 0.5) is 0 Å². The number of rotatable bonds is 6. The van der Waals surface area contributed by atoms with E-state index >= 15 is 0 Å². The molecule has 0 radical (unpaired) electrons. The molecule has 2 rings (SSSR count). The van der Waals surface area contributed by atoms with Gasteiger partial charge in [0.2, 0.25) is 5.91 Å². The van der Waals surface area contributed by atoms with Crippen LogP contribution in [0, 0.1) is 0 Å². The van der Waals surface area contributed by atoms with Gasteiger partial charge in [-0.15, -0.1) is 0 Å². The highest BCUT2D eigenvalue weighted by Gasteiger charge is 2.59. The van der Waals surface area contributed by atoms with Crippen molar-refractivity contribution in [2.24, 2.45) is 0 Å². The molecule has 2 saturated heterocycles. The van der Waals surface area contributed by atoms with Gasteiger partial charge in [-0.05, 0) is 6.42 Å². The molecule has 0 saturated carbocycles. The highest BCUT2D eigenvalue weighted by Crippen LogP contribution is 2.36. The Bertz CT molecular complexity index is 352. The smallest absolute Gasteiger partial charge is 0.220 e. The Balaban J connectivity index is 1.94. The van der Waals surface area contributed by atoms with Gasteiger partial charge in [0.15, 0.2) is 6.29 Å². The Morgan fingerprint density at radius 2 is 2.15 bits per heavy atom.